The summed E-state index contributed by atoms with van der Waals surface area (Å²) in [5.74, 6) is -1.13. The Kier molecular flexibility index (Phi) is 5.94. The van der Waals surface area contributed by atoms with Crippen molar-refractivity contribution in [3.63, 3.8) is 0 Å². The van der Waals surface area contributed by atoms with Gasteiger partial charge in [0.1, 0.15) is 0 Å². The summed E-state index contributed by atoms with van der Waals surface area (Å²) >= 11 is 0. The van der Waals surface area contributed by atoms with Gasteiger partial charge >= 0.3 is 16.2 Å². The van der Waals surface area contributed by atoms with Crippen molar-refractivity contribution in [1.82, 2.24) is 4.72 Å². The molecule has 1 aromatic rings. The first-order chi connectivity index (χ1) is 9.83. The van der Waals surface area contributed by atoms with E-state index < -0.39 is 16.2 Å². The van der Waals surface area contributed by atoms with Crippen LogP contribution in [0.25, 0.3) is 0 Å². The molecule has 0 bridgehead atoms. The van der Waals surface area contributed by atoms with E-state index in [0.29, 0.717) is 0 Å². The van der Waals surface area contributed by atoms with E-state index in [1.165, 1.54) is 25.3 Å². The van der Waals surface area contributed by atoms with E-state index >= 15 is 0 Å². The number of carboxylic acids is 1. The van der Waals surface area contributed by atoms with Gasteiger partial charge in [-0.25, -0.2) is 4.79 Å². The predicted molar refractivity (Wildman–Crippen MR) is 79.6 cm³/mol. The number of nitrogens with two attached hydrogens (primary N) is 1. The Hall–Kier alpha value is -1.84. The van der Waals surface area contributed by atoms with Crippen molar-refractivity contribution in [3.05, 3.63) is 23.8 Å². The molecule has 1 aromatic carbocycles. The molecule has 4 N–H and O–H groups in total. The highest BCUT2D eigenvalue weighted by molar-refractivity contribution is 7.90. The van der Waals surface area contributed by atoms with Gasteiger partial charge in [-0.2, -0.15) is 13.1 Å². The minimum atomic E-state index is -3.78. The number of hydrogen-bond donors (Lipinski definition) is 3. The molecule has 0 radical (unpaired) electrons. The Morgan fingerprint density at radius 1 is 1.48 bits per heavy atom. The van der Waals surface area contributed by atoms with Gasteiger partial charge in [-0.3, -0.25) is 4.31 Å². The van der Waals surface area contributed by atoms with Gasteiger partial charge in [0.15, 0.2) is 0 Å². The topological polar surface area (TPSA) is 122 Å². The molecule has 0 spiro atoms. The van der Waals surface area contributed by atoms with Crippen molar-refractivity contribution in [2.45, 2.75) is 6.92 Å². The fraction of sp³-hybridized carbons (Fsp3) is 0.417. The van der Waals surface area contributed by atoms with Crippen LogP contribution in [-0.2, 0) is 14.9 Å². The zero-order valence-electron chi connectivity index (χ0n) is 11.9. The fourth-order valence-electron chi connectivity index (χ4n) is 1.74. The van der Waals surface area contributed by atoms with Crippen LogP contribution in [0.2, 0.25) is 0 Å². The predicted octanol–water partition coefficient (Wildman–Crippen LogP) is 0.274. The number of ether oxygens (including phenoxy) is 1. The number of benzene rings is 1. The number of aromatic carboxylic acids is 1. The fourth-order valence-corrected chi connectivity index (χ4v) is 3.00. The van der Waals surface area contributed by atoms with Gasteiger partial charge in [-0.05, 0) is 25.1 Å². The van der Waals surface area contributed by atoms with E-state index in [9.17, 15) is 13.2 Å². The van der Waals surface area contributed by atoms with Gasteiger partial charge in [0.05, 0.1) is 23.5 Å². The summed E-state index contributed by atoms with van der Waals surface area (Å²) in [6.07, 6.45) is 0. The van der Waals surface area contributed by atoms with Gasteiger partial charge in [-0.1, -0.05) is 0 Å². The van der Waals surface area contributed by atoms with E-state index in [1.54, 1.807) is 6.92 Å². The quantitative estimate of drug-likeness (QED) is 0.467. The lowest BCUT2D eigenvalue weighted by Gasteiger charge is -2.24. The number of carboxylic acid groups (broad SMARTS) is 1. The second-order valence-corrected chi connectivity index (χ2v) is 5.82. The smallest absolute Gasteiger partial charge is 0.335 e. The number of carbonyl (C=O) groups is 1. The summed E-state index contributed by atoms with van der Waals surface area (Å²) in [6.45, 7) is 2.17. The molecule has 9 heteroatoms. The summed E-state index contributed by atoms with van der Waals surface area (Å²) in [5.41, 5.74) is 6.07. The highest BCUT2D eigenvalue weighted by Gasteiger charge is 2.22. The number of hydrogen-bond acceptors (Lipinski definition) is 5. The van der Waals surface area contributed by atoms with Crippen molar-refractivity contribution in [2.75, 3.05) is 36.8 Å². The van der Waals surface area contributed by atoms with E-state index in [1.807, 2.05) is 0 Å². The zero-order valence-corrected chi connectivity index (χ0v) is 12.7. The minimum Gasteiger partial charge on any atom is -0.478 e. The van der Waals surface area contributed by atoms with Crippen LogP contribution in [0.1, 0.15) is 17.3 Å². The molecule has 0 aromatic heterocycles. The first-order valence-electron chi connectivity index (χ1n) is 6.22. The zero-order chi connectivity index (χ0) is 16.0. The van der Waals surface area contributed by atoms with Crippen LogP contribution >= 0.6 is 0 Å². The van der Waals surface area contributed by atoms with Crippen LogP contribution in [0.3, 0.4) is 0 Å². The molecule has 0 saturated heterocycles. The van der Waals surface area contributed by atoms with E-state index in [-0.39, 0.29) is 36.6 Å². The summed E-state index contributed by atoms with van der Waals surface area (Å²) in [5, 5.41) is 8.89. The Morgan fingerprint density at radius 3 is 2.62 bits per heavy atom. The van der Waals surface area contributed by atoms with Gasteiger partial charge in [0, 0.05) is 20.2 Å². The second kappa shape index (κ2) is 7.25. The molecule has 8 nitrogen and oxygen atoms in total. The molecule has 0 amide bonds. The molecule has 0 heterocycles. The van der Waals surface area contributed by atoms with Crippen molar-refractivity contribution in [2.24, 2.45) is 0 Å². The van der Waals surface area contributed by atoms with E-state index in [2.05, 4.69) is 4.72 Å². The van der Waals surface area contributed by atoms with Crippen LogP contribution in [0.4, 0.5) is 11.4 Å². The van der Waals surface area contributed by atoms with Gasteiger partial charge < -0.3 is 15.6 Å². The van der Waals surface area contributed by atoms with E-state index in [4.69, 9.17) is 15.6 Å². The van der Waals surface area contributed by atoms with E-state index in [0.717, 1.165) is 4.31 Å². The first kappa shape index (κ1) is 17.2. The number of nitrogens with one attached hydrogen (secondary N) is 1. The molecule has 21 heavy (non-hydrogen) atoms. The highest BCUT2D eigenvalue weighted by atomic mass is 32.2. The number of nitrogens with zero attached hydrogens (tertiary/aromatic N) is 1. The van der Waals surface area contributed by atoms with Gasteiger partial charge in [0.25, 0.3) is 0 Å². The lowest BCUT2D eigenvalue weighted by molar-refractivity contribution is 0.0697. The first-order valence-corrected chi connectivity index (χ1v) is 7.66. The molecular weight excluding hydrogens is 298 g/mol. The number of anilines is 2. The highest BCUT2D eigenvalue weighted by Crippen LogP contribution is 2.26. The molecule has 0 aliphatic heterocycles. The average molecular weight is 317 g/mol. The van der Waals surface area contributed by atoms with Gasteiger partial charge in [0.2, 0.25) is 0 Å². The SMILES string of the molecule is CCN(c1ccc(C(=O)O)cc1N)S(=O)(=O)NCCOC. The summed E-state index contributed by atoms with van der Waals surface area (Å²) in [4.78, 5) is 10.9. The number of methoxy groups -OCH3 is 1. The average Bonchev–Trinajstić information content (AvgIpc) is 2.41. The maximum absolute atomic E-state index is 12.2. The van der Waals surface area contributed by atoms with Crippen molar-refractivity contribution in [3.8, 4) is 0 Å². The summed E-state index contributed by atoms with van der Waals surface area (Å²) < 4.78 is 32.6. The van der Waals surface area contributed by atoms with Crippen LogP contribution in [0.15, 0.2) is 18.2 Å². The van der Waals surface area contributed by atoms with Crippen molar-refractivity contribution >= 4 is 27.6 Å². The Bertz CT molecular complexity index is 603. The molecule has 0 saturated carbocycles. The van der Waals surface area contributed by atoms with Crippen molar-refractivity contribution < 1.29 is 23.1 Å². The van der Waals surface area contributed by atoms with Crippen molar-refractivity contribution in [1.29, 1.82) is 0 Å². The van der Waals surface area contributed by atoms with Gasteiger partial charge in [-0.15, -0.1) is 0 Å². The third-order valence-electron chi connectivity index (χ3n) is 2.71. The maximum atomic E-state index is 12.2. The van der Waals surface area contributed by atoms with Crippen LogP contribution in [-0.4, -0.2) is 46.3 Å². The largest absolute Gasteiger partial charge is 0.478 e. The third-order valence-corrected chi connectivity index (χ3v) is 4.32. The summed E-state index contributed by atoms with van der Waals surface area (Å²) in [6, 6.07) is 3.91. The Labute approximate surface area is 123 Å². The molecule has 0 aliphatic rings. The summed E-state index contributed by atoms with van der Waals surface area (Å²) in [7, 11) is -2.31. The standard InChI is InChI=1S/C12H19N3O5S/c1-3-15(21(18,19)14-6-7-20-2)11-5-4-9(12(16)17)8-10(11)13/h4-5,8,14H,3,6-7,13H2,1-2H3,(H,16,17). The maximum Gasteiger partial charge on any atom is 0.335 e. The molecular formula is C12H19N3O5S. The minimum absolute atomic E-state index is 0.00274. The van der Waals surface area contributed by atoms with Crippen LogP contribution in [0, 0.1) is 0 Å². The molecule has 118 valence electrons. The monoisotopic (exact) mass is 317 g/mol. The normalized spacial score (nSPS) is 11.3. The second-order valence-electron chi connectivity index (χ2n) is 4.14. The number of rotatable bonds is 8. The Morgan fingerprint density at radius 2 is 2.14 bits per heavy atom. The molecule has 0 atom stereocenters. The van der Waals surface area contributed by atoms with Crippen LogP contribution in [0.5, 0.6) is 0 Å². The lowest BCUT2D eigenvalue weighted by Crippen LogP contribution is -2.42. The molecule has 0 aliphatic carbocycles. The molecule has 0 fully saturated rings. The molecule has 1 rings (SSSR count). The third kappa shape index (κ3) is 4.31. The Balaban J connectivity index is 3.07. The van der Waals surface area contributed by atoms with Crippen LogP contribution < -0.4 is 14.8 Å². The number of nitrogen functional groups attached to an aromatic ring is 1. The molecule has 0 unspecified atom stereocenters. The lowest BCUT2D eigenvalue weighted by atomic mass is 10.2.